The molecule has 0 aromatic carbocycles. The van der Waals surface area contributed by atoms with Crippen LogP contribution in [0.5, 0.6) is 0 Å². The number of likely N-dealkylation sites (tertiary alicyclic amines) is 1. The first-order chi connectivity index (χ1) is 7.84. The summed E-state index contributed by atoms with van der Waals surface area (Å²) in [6.45, 7) is 6.21. The van der Waals surface area contributed by atoms with Crippen molar-refractivity contribution < 1.29 is 0 Å². The van der Waals surface area contributed by atoms with Crippen molar-refractivity contribution in [3.8, 4) is 0 Å². The summed E-state index contributed by atoms with van der Waals surface area (Å²) in [6.07, 6.45) is 6.90. The van der Waals surface area contributed by atoms with E-state index < -0.39 is 0 Å². The fraction of sp³-hybridized carbons (Fsp3) is 1.00. The van der Waals surface area contributed by atoms with Crippen LogP contribution in [-0.4, -0.2) is 50.7 Å². The Morgan fingerprint density at radius 1 is 1.31 bits per heavy atom. The minimum atomic E-state index is 0.736. The number of nitrogens with one attached hydrogen (secondary N) is 2. The topological polar surface area (TPSA) is 27.3 Å². The van der Waals surface area contributed by atoms with E-state index in [9.17, 15) is 0 Å². The summed E-state index contributed by atoms with van der Waals surface area (Å²) in [6, 6.07) is 0.736. The molecule has 2 rings (SSSR count). The van der Waals surface area contributed by atoms with E-state index >= 15 is 0 Å². The molecule has 2 N–H and O–H groups in total. The maximum Gasteiger partial charge on any atom is 0.0192 e. The monoisotopic (exact) mass is 225 g/mol. The first-order valence-corrected chi connectivity index (χ1v) is 6.97. The Bertz CT molecular complexity index is 183. The lowest BCUT2D eigenvalue weighted by atomic mass is 10.0. The molecule has 2 fully saturated rings. The Hall–Kier alpha value is -0.120. The van der Waals surface area contributed by atoms with Crippen molar-refractivity contribution in [3.63, 3.8) is 0 Å². The second-order valence-corrected chi connectivity index (χ2v) is 5.56. The van der Waals surface area contributed by atoms with Crippen molar-refractivity contribution in [1.29, 1.82) is 0 Å². The molecule has 3 heteroatoms. The second kappa shape index (κ2) is 6.58. The third kappa shape index (κ3) is 4.04. The van der Waals surface area contributed by atoms with Crippen LogP contribution in [0.1, 0.15) is 32.1 Å². The van der Waals surface area contributed by atoms with E-state index in [-0.39, 0.29) is 0 Å². The summed E-state index contributed by atoms with van der Waals surface area (Å²) in [4.78, 5) is 2.45. The zero-order valence-electron chi connectivity index (χ0n) is 10.7. The molecule has 2 aliphatic rings. The second-order valence-electron chi connectivity index (χ2n) is 5.56. The summed E-state index contributed by atoms with van der Waals surface area (Å²) in [7, 11) is 2.24. The molecule has 2 unspecified atom stereocenters. The van der Waals surface area contributed by atoms with Gasteiger partial charge < -0.3 is 15.5 Å². The van der Waals surface area contributed by atoms with Gasteiger partial charge in [0.25, 0.3) is 0 Å². The molecule has 0 saturated carbocycles. The van der Waals surface area contributed by atoms with Gasteiger partial charge in [-0.3, -0.25) is 0 Å². The van der Waals surface area contributed by atoms with Gasteiger partial charge in [-0.15, -0.1) is 0 Å². The molecule has 0 aromatic rings. The molecule has 16 heavy (non-hydrogen) atoms. The first kappa shape index (κ1) is 12.3. The third-order valence-corrected chi connectivity index (χ3v) is 4.02. The van der Waals surface area contributed by atoms with Crippen molar-refractivity contribution in [2.75, 3.05) is 39.8 Å². The van der Waals surface area contributed by atoms with E-state index in [2.05, 4.69) is 22.6 Å². The van der Waals surface area contributed by atoms with Gasteiger partial charge in [0.2, 0.25) is 0 Å². The Kier molecular flexibility index (Phi) is 5.07. The van der Waals surface area contributed by atoms with Gasteiger partial charge in [0.15, 0.2) is 0 Å². The van der Waals surface area contributed by atoms with Crippen LogP contribution < -0.4 is 10.6 Å². The molecule has 0 aromatic heterocycles. The van der Waals surface area contributed by atoms with Crippen molar-refractivity contribution in [2.24, 2.45) is 5.92 Å². The number of hydrogen-bond donors (Lipinski definition) is 2. The quantitative estimate of drug-likeness (QED) is 0.685. The lowest BCUT2D eigenvalue weighted by Crippen LogP contribution is -2.42. The highest BCUT2D eigenvalue weighted by Gasteiger charge is 2.18. The standard InChI is InChI=1S/C13H27N3/c1-16-9-6-12(11-16)5-8-14-10-13-4-2-3-7-15-13/h12-15H,2-11H2,1H3. The van der Waals surface area contributed by atoms with Crippen LogP contribution in [0.25, 0.3) is 0 Å². The molecular formula is C13H27N3. The average molecular weight is 225 g/mol. The van der Waals surface area contributed by atoms with Crippen LogP contribution in [-0.2, 0) is 0 Å². The van der Waals surface area contributed by atoms with Gasteiger partial charge in [0, 0.05) is 19.1 Å². The Morgan fingerprint density at radius 3 is 2.94 bits per heavy atom. The summed E-state index contributed by atoms with van der Waals surface area (Å²) in [5.41, 5.74) is 0. The van der Waals surface area contributed by atoms with Crippen molar-refractivity contribution >= 4 is 0 Å². The van der Waals surface area contributed by atoms with Crippen LogP contribution >= 0.6 is 0 Å². The van der Waals surface area contributed by atoms with Crippen LogP contribution in [0.15, 0.2) is 0 Å². The Labute approximate surface area is 100.0 Å². The summed E-state index contributed by atoms with van der Waals surface area (Å²) < 4.78 is 0. The van der Waals surface area contributed by atoms with E-state index in [1.54, 1.807) is 0 Å². The Morgan fingerprint density at radius 2 is 2.25 bits per heavy atom. The Balaban J connectivity index is 1.48. The minimum absolute atomic E-state index is 0.736. The summed E-state index contributed by atoms with van der Waals surface area (Å²) in [5, 5.41) is 7.20. The number of hydrogen-bond acceptors (Lipinski definition) is 3. The molecule has 0 radical (unpaired) electrons. The van der Waals surface area contributed by atoms with Crippen molar-refractivity contribution in [1.82, 2.24) is 15.5 Å². The molecular weight excluding hydrogens is 198 g/mol. The third-order valence-electron chi connectivity index (χ3n) is 4.02. The average Bonchev–Trinajstić information content (AvgIpc) is 2.72. The van der Waals surface area contributed by atoms with E-state index in [0.717, 1.165) is 12.0 Å². The molecule has 94 valence electrons. The molecule has 2 saturated heterocycles. The van der Waals surface area contributed by atoms with Crippen LogP contribution in [0, 0.1) is 5.92 Å². The minimum Gasteiger partial charge on any atom is -0.315 e. The summed E-state index contributed by atoms with van der Waals surface area (Å²) in [5.74, 6) is 0.941. The smallest absolute Gasteiger partial charge is 0.0192 e. The molecule has 2 aliphatic heterocycles. The predicted molar refractivity (Wildman–Crippen MR) is 68.7 cm³/mol. The number of nitrogens with zero attached hydrogens (tertiary/aromatic N) is 1. The molecule has 0 aliphatic carbocycles. The fourth-order valence-electron chi connectivity index (χ4n) is 2.94. The van der Waals surface area contributed by atoms with Gasteiger partial charge in [0.1, 0.15) is 0 Å². The molecule has 3 nitrogen and oxygen atoms in total. The lowest BCUT2D eigenvalue weighted by Gasteiger charge is -2.24. The molecule has 0 bridgehead atoms. The van der Waals surface area contributed by atoms with E-state index in [1.165, 1.54) is 64.8 Å². The van der Waals surface area contributed by atoms with Crippen LogP contribution in [0.3, 0.4) is 0 Å². The van der Waals surface area contributed by atoms with Crippen molar-refractivity contribution in [3.05, 3.63) is 0 Å². The van der Waals surface area contributed by atoms with Crippen molar-refractivity contribution in [2.45, 2.75) is 38.1 Å². The van der Waals surface area contributed by atoms with Gasteiger partial charge in [-0.1, -0.05) is 6.42 Å². The van der Waals surface area contributed by atoms with E-state index in [0.29, 0.717) is 0 Å². The molecule has 2 atom stereocenters. The summed E-state index contributed by atoms with van der Waals surface area (Å²) >= 11 is 0. The fourth-order valence-corrected chi connectivity index (χ4v) is 2.94. The number of rotatable bonds is 5. The first-order valence-electron chi connectivity index (χ1n) is 6.97. The SMILES string of the molecule is CN1CCC(CCNCC2CCCCN2)C1. The largest absolute Gasteiger partial charge is 0.315 e. The van der Waals surface area contributed by atoms with E-state index in [1.807, 2.05) is 0 Å². The lowest BCUT2D eigenvalue weighted by molar-refractivity contribution is 0.366. The molecule has 0 amide bonds. The van der Waals surface area contributed by atoms with Crippen LogP contribution in [0.2, 0.25) is 0 Å². The van der Waals surface area contributed by atoms with Crippen LogP contribution in [0.4, 0.5) is 0 Å². The van der Waals surface area contributed by atoms with Gasteiger partial charge in [-0.25, -0.2) is 0 Å². The zero-order chi connectivity index (χ0) is 11.2. The molecule has 0 spiro atoms. The van der Waals surface area contributed by atoms with Gasteiger partial charge in [0.05, 0.1) is 0 Å². The predicted octanol–water partition coefficient (Wildman–Crippen LogP) is 1.06. The number of piperidine rings is 1. The highest BCUT2D eigenvalue weighted by molar-refractivity contribution is 4.76. The van der Waals surface area contributed by atoms with Gasteiger partial charge in [-0.05, 0) is 58.3 Å². The zero-order valence-corrected chi connectivity index (χ0v) is 10.7. The molecule has 2 heterocycles. The highest BCUT2D eigenvalue weighted by Crippen LogP contribution is 2.17. The maximum absolute atomic E-state index is 3.62. The van der Waals surface area contributed by atoms with Gasteiger partial charge >= 0.3 is 0 Å². The van der Waals surface area contributed by atoms with Gasteiger partial charge in [-0.2, -0.15) is 0 Å². The maximum atomic E-state index is 3.62. The van der Waals surface area contributed by atoms with E-state index in [4.69, 9.17) is 0 Å². The highest BCUT2D eigenvalue weighted by atomic mass is 15.1. The normalized spacial score (nSPS) is 32.1.